The molecule has 0 spiro atoms. The first-order valence-electron chi connectivity index (χ1n) is 27.9. The van der Waals surface area contributed by atoms with Crippen molar-refractivity contribution < 1.29 is 37.6 Å². The normalized spacial score (nSPS) is 13.6. The lowest BCUT2D eigenvalue weighted by Crippen LogP contribution is -2.29. The second kappa shape index (κ2) is 53.8. The van der Waals surface area contributed by atoms with Gasteiger partial charge >= 0.3 is 19.8 Å². The van der Waals surface area contributed by atoms with Crippen LogP contribution in [0.4, 0.5) is 0 Å². The predicted octanol–water partition coefficient (Wildman–Crippen LogP) is 17.3. The fraction of sp³-hybridized carbons (Fsp3) is 0.759. The van der Waals surface area contributed by atoms with E-state index in [0.717, 1.165) is 89.9 Å². The topological polar surface area (TPSA) is 134 Å². The third-order valence-corrected chi connectivity index (χ3v) is 12.8. The molecule has 0 aromatic rings. The summed E-state index contributed by atoms with van der Waals surface area (Å²) in [5.41, 5.74) is 5.37. The standard InChI is InChI=1S/C58H104NO8P/c1-3-5-7-9-11-13-15-17-19-20-21-22-23-24-25-26-27-28-29-30-31-32-33-34-35-36-37-39-41-43-45-47-49-51-58(61)67-56(55-66-68(62,63)65-53-52-59)54-64-57(60)50-48-46-44-42-40-38-18-16-14-12-10-8-6-4-2/h5,7,10-13,16-19,21-22,56H,3-4,6,8-9,14-15,20,23-55,59H2,1-2H3,(H,62,63)/b7-5-,12-10-,13-11-,18-16-,19-17-,22-21-. The average molecular weight is 974 g/mol. The van der Waals surface area contributed by atoms with E-state index in [2.05, 4.69) is 86.8 Å². The molecule has 2 atom stereocenters. The van der Waals surface area contributed by atoms with Crippen LogP contribution in [-0.2, 0) is 32.7 Å². The zero-order chi connectivity index (χ0) is 49.5. The van der Waals surface area contributed by atoms with Crippen LogP contribution in [0.25, 0.3) is 0 Å². The molecule has 0 bridgehead atoms. The van der Waals surface area contributed by atoms with Crippen molar-refractivity contribution in [2.75, 3.05) is 26.4 Å². The number of carbonyl (C=O) groups is 2. The lowest BCUT2D eigenvalue weighted by Gasteiger charge is -2.19. The lowest BCUT2D eigenvalue weighted by atomic mass is 10.0. The number of esters is 2. The van der Waals surface area contributed by atoms with Gasteiger partial charge in [0.1, 0.15) is 6.61 Å². The molecule has 0 saturated heterocycles. The molecule has 0 rings (SSSR count). The highest BCUT2D eigenvalue weighted by Gasteiger charge is 2.26. The largest absolute Gasteiger partial charge is 0.472 e. The number of hydrogen-bond acceptors (Lipinski definition) is 8. The smallest absolute Gasteiger partial charge is 0.462 e. The van der Waals surface area contributed by atoms with Gasteiger partial charge in [-0.2, -0.15) is 0 Å². The molecular formula is C58H104NO8P. The Hall–Kier alpha value is -2.55. The minimum absolute atomic E-state index is 0.0504. The molecule has 9 nitrogen and oxygen atoms in total. The summed E-state index contributed by atoms with van der Waals surface area (Å²) in [4.78, 5) is 35.1. The maximum Gasteiger partial charge on any atom is 0.472 e. The van der Waals surface area contributed by atoms with E-state index in [1.165, 1.54) is 122 Å². The van der Waals surface area contributed by atoms with Crippen LogP contribution in [0.1, 0.15) is 251 Å². The van der Waals surface area contributed by atoms with Gasteiger partial charge in [0.05, 0.1) is 13.2 Å². The number of carbonyl (C=O) groups excluding carboxylic acids is 2. The maximum absolute atomic E-state index is 12.7. The van der Waals surface area contributed by atoms with E-state index in [-0.39, 0.29) is 32.6 Å². The number of phosphoric acid groups is 1. The van der Waals surface area contributed by atoms with E-state index in [9.17, 15) is 19.0 Å². The molecule has 0 aliphatic rings. The highest BCUT2D eigenvalue weighted by molar-refractivity contribution is 7.47. The number of phosphoric ester groups is 1. The summed E-state index contributed by atoms with van der Waals surface area (Å²) in [7, 11) is -4.39. The molecule has 0 aliphatic heterocycles. The van der Waals surface area contributed by atoms with Gasteiger partial charge in [0.2, 0.25) is 0 Å². The summed E-state index contributed by atoms with van der Waals surface area (Å²) in [5, 5.41) is 0. The molecule has 0 heterocycles. The van der Waals surface area contributed by atoms with E-state index in [4.69, 9.17) is 24.3 Å². The summed E-state index contributed by atoms with van der Waals surface area (Å²) in [6, 6.07) is 0. The van der Waals surface area contributed by atoms with Crippen LogP contribution >= 0.6 is 7.82 Å². The molecule has 0 radical (unpaired) electrons. The third-order valence-electron chi connectivity index (χ3n) is 11.8. The Balaban J connectivity index is 3.87. The molecule has 3 N–H and O–H groups in total. The van der Waals surface area contributed by atoms with E-state index < -0.39 is 32.5 Å². The number of nitrogens with two attached hydrogens (primary N) is 1. The predicted molar refractivity (Wildman–Crippen MR) is 289 cm³/mol. The van der Waals surface area contributed by atoms with Crippen LogP contribution < -0.4 is 5.73 Å². The number of hydrogen-bond donors (Lipinski definition) is 2. The molecule has 10 heteroatoms. The van der Waals surface area contributed by atoms with Gasteiger partial charge < -0.3 is 20.1 Å². The third kappa shape index (κ3) is 52.8. The first-order valence-corrected chi connectivity index (χ1v) is 29.4. The van der Waals surface area contributed by atoms with Crippen molar-refractivity contribution in [2.45, 2.75) is 258 Å². The van der Waals surface area contributed by atoms with Gasteiger partial charge in [0.25, 0.3) is 0 Å². The van der Waals surface area contributed by atoms with Crippen LogP contribution in [0.3, 0.4) is 0 Å². The van der Waals surface area contributed by atoms with Crippen molar-refractivity contribution in [3.63, 3.8) is 0 Å². The number of ether oxygens (including phenoxy) is 2. The second-order valence-electron chi connectivity index (χ2n) is 18.4. The van der Waals surface area contributed by atoms with Gasteiger partial charge in [0, 0.05) is 19.4 Å². The highest BCUT2D eigenvalue weighted by Crippen LogP contribution is 2.43. The second-order valence-corrected chi connectivity index (χ2v) is 19.9. The van der Waals surface area contributed by atoms with Gasteiger partial charge in [-0.25, -0.2) is 4.57 Å². The fourth-order valence-electron chi connectivity index (χ4n) is 7.70. The molecule has 0 aliphatic carbocycles. The quantitative estimate of drug-likeness (QED) is 0.0264. The van der Waals surface area contributed by atoms with Gasteiger partial charge in [-0.05, 0) is 77.0 Å². The minimum atomic E-state index is -4.39. The first-order chi connectivity index (χ1) is 33.3. The van der Waals surface area contributed by atoms with Crippen molar-refractivity contribution in [3.05, 3.63) is 72.9 Å². The van der Waals surface area contributed by atoms with Gasteiger partial charge in [-0.3, -0.25) is 18.6 Å². The van der Waals surface area contributed by atoms with Crippen molar-refractivity contribution in [2.24, 2.45) is 5.73 Å². The Morgan fingerprint density at radius 2 is 0.809 bits per heavy atom. The van der Waals surface area contributed by atoms with E-state index in [0.29, 0.717) is 12.8 Å². The molecular weight excluding hydrogens is 870 g/mol. The van der Waals surface area contributed by atoms with Gasteiger partial charge in [-0.1, -0.05) is 234 Å². The fourth-order valence-corrected chi connectivity index (χ4v) is 8.47. The van der Waals surface area contributed by atoms with Crippen molar-refractivity contribution >= 4 is 19.8 Å². The highest BCUT2D eigenvalue weighted by atomic mass is 31.2. The lowest BCUT2D eigenvalue weighted by molar-refractivity contribution is -0.161. The SMILES string of the molecule is CC/C=C\C/C=C\C/C=C\C/C=C\CCCCCCCCCCCCCCCCCCCCCCC(=O)OC(COC(=O)CCCCCCC/C=C\C/C=C\CCCC)COP(=O)(O)OCCN. The molecule has 68 heavy (non-hydrogen) atoms. The number of allylic oxidation sites excluding steroid dienone is 12. The van der Waals surface area contributed by atoms with Crippen LogP contribution in [0.5, 0.6) is 0 Å². The molecule has 394 valence electrons. The van der Waals surface area contributed by atoms with E-state index in [1.54, 1.807) is 0 Å². The van der Waals surface area contributed by atoms with Crippen LogP contribution in [0, 0.1) is 0 Å². The Kier molecular flexibility index (Phi) is 51.8. The zero-order valence-corrected chi connectivity index (χ0v) is 44.7. The van der Waals surface area contributed by atoms with Crippen LogP contribution in [-0.4, -0.2) is 49.3 Å². The van der Waals surface area contributed by atoms with E-state index >= 15 is 0 Å². The molecule has 2 unspecified atom stereocenters. The summed E-state index contributed by atoms with van der Waals surface area (Å²) in [6.45, 7) is 3.59. The molecule has 0 amide bonds. The number of unbranched alkanes of at least 4 members (excludes halogenated alkanes) is 27. The van der Waals surface area contributed by atoms with Crippen molar-refractivity contribution in [1.29, 1.82) is 0 Å². The molecule has 0 aromatic heterocycles. The summed E-state index contributed by atoms with van der Waals surface area (Å²) in [6.07, 6.45) is 68.3. The number of rotatable bonds is 52. The molecule has 0 aromatic carbocycles. The monoisotopic (exact) mass is 974 g/mol. The Bertz CT molecular complexity index is 1340. The first kappa shape index (κ1) is 65.5. The van der Waals surface area contributed by atoms with Crippen molar-refractivity contribution in [3.8, 4) is 0 Å². The Morgan fingerprint density at radius 3 is 1.21 bits per heavy atom. The maximum atomic E-state index is 12.7. The molecule has 0 saturated carbocycles. The summed E-state index contributed by atoms with van der Waals surface area (Å²) in [5.74, 6) is -0.839. The average Bonchev–Trinajstić information content (AvgIpc) is 3.33. The summed E-state index contributed by atoms with van der Waals surface area (Å²) >= 11 is 0. The summed E-state index contributed by atoms with van der Waals surface area (Å²) < 4.78 is 32.9. The minimum Gasteiger partial charge on any atom is -0.462 e. The Labute approximate surface area is 418 Å². The zero-order valence-electron chi connectivity index (χ0n) is 43.8. The van der Waals surface area contributed by atoms with E-state index in [1.807, 2.05) is 0 Å². The van der Waals surface area contributed by atoms with Gasteiger partial charge in [-0.15, -0.1) is 0 Å². The van der Waals surface area contributed by atoms with Gasteiger partial charge in [0.15, 0.2) is 6.10 Å². The van der Waals surface area contributed by atoms with Crippen LogP contribution in [0.15, 0.2) is 72.9 Å². The van der Waals surface area contributed by atoms with Crippen LogP contribution in [0.2, 0.25) is 0 Å². The Morgan fingerprint density at radius 1 is 0.456 bits per heavy atom. The van der Waals surface area contributed by atoms with Crippen molar-refractivity contribution in [1.82, 2.24) is 0 Å². The molecule has 0 fully saturated rings.